The molecular weight excluding hydrogens is 454 g/mol. The molecular formula is C29H27N3O2S. The number of rotatable bonds is 9. The van der Waals surface area contributed by atoms with Gasteiger partial charge in [-0.2, -0.15) is 5.26 Å². The smallest absolute Gasteiger partial charge is 0.260 e. The Labute approximate surface area is 210 Å². The van der Waals surface area contributed by atoms with Crippen LogP contribution >= 0.6 is 11.8 Å². The van der Waals surface area contributed by atoms with Crippen LogP contribution in [0.3, 0.4) is 0 Å². The van der Waals surface area contributed by atoms with Gasteiger partial charge in [0.25, 0.3) is 5.91 Å². The number of benzene rings is 3. The molecule has 176 valence electrons. The fourth-order valence-corrected chi connectivity index (χ4v) is 4.75. The number of hydrogen-bond acceptors (Lipinski definition) is 5. The Bertz CT molecular complexity index is 1290. The summed E-state index contributed by atoms with van der Waals surface area (Å²) in [5, 5.41) is 15.6. The van der Waals surface area contributed by atoms with E-state index in [2.05, 4.69) is 42.3 Å². The van der Waals surface area contributed by atoms with Crippen molar-refractivity contribution in [1.29, 1.82) is 5.26 Å². The molecule has 6 heteroatoms. The third-order valence-corrected chi connectivity index (χ3v) is 6.69. The van der Waals surface area contributed by atoms with Crippen molar-refractivity contribution in [1.82, 2.24) is 5.32 Å². The lowest BCUT2D eigenvalue weighted by atomic mass is 10.1. The van der Waals surface area contributed by atoms with E-state index in [0.29, 0.717) is 23.5 Å². The lowest BCUT2D eigenvalue weighted by Gasteiger charge is -2.13. The van der Waals surface area contributed by atoms with Gasteiger partial charge >= 0.3 is 0 Å². The van der Waals surface area contributed by atoms with Gasteiger partial charge in [0.1, 0.15) is 12.4 Å². The highest BCUT2D eigenvalue weighted by atomic mass is 32.2. The van der Waals surface area contributed by atoms with Gasteiger partial charge in [-0.25, -0.2) is 0 Å². The molecule has 3 aromatic rings. The van der Waals surface area contributed by atoms with Gasteiger partial charge in [-0.05, 0) is 65.9 Å². The fourth-order valence-electron chi connectivity index (χ4n) is 3.76. The number of aryl methyl sites for hydroxylation is 1. The number of nitriles is 1. The maximum Gasteiger partial charge on any atom is 0.260 e. The number of ether oxygens (including phenoxy) is 1. The van der Waals surface area contributed by atoms with Crippen LogP contribution in [0.5, 0.6) is 5.75 Å². The Morgan fingerprint density at radius 2 is 1.94 bits per heavy atom. The van der Waals surface area contributed by atoms with E-state index < -0.39 is 0 Å². The van der Waals surface area contributed by atoms with Crippen LogP contribution in [0, 0.1) is 11.3 Å². The lowest BCUT2D eigenvalue weighted by Crippen LogP contribution is -2.30. The van der Waals surface area contributed by atoms with Crippen molar-refractivity contribution < 1.29 is 9.53 Å². The van der Waals surface area contributed by atoms with Crippen LogP contribution in [0.25, 0.3) is 6.08 Å². The van der Waals surface area contributed by atoms with E-state index in [4.69, 9.17) is 4.74 Å². The summed E-state index contributed by atoms with van der Waals surface area (Å²) in [5.74, 6) is 0.634. The van der Waals surface area contributed by atoms with Crippen LogP contribution in [-0.4, -0.2) is 11.4 Å². The molecule has 1 aliphatic heterocycles. The van der Waals surface area contributed by atoms with Crippen LogP contribution in [0.4, 0.5) is 5.69 Å². The molecule has 1 atom stereocenters. The minimum atomic E-state index is -0.225. The molecule has 1 amide bonds. The predicted molar refractivity (Wildman–Crippen MR) is 143 cm³/mol. The second-order valence-corrected chi connectivity index (χ2v) is 9.24. The van der Waals surface area contributed by atoms with E-state index in [-0.39, 0.29) is 11.4 Å². The number of thioether (sulfide) groups is 1. The van der Waals surface area contributed by atoms with Crippen LogP contribution in [0.2, 0.25) is 0 Å². The van der Waals surface area contributed by atoms with Crippen molar-refractivity contribution in [2.24, 2.45) is 0 Å². The highest BCUT2D eigenvalue weighted by Crippen LogP contribution is 2.31. The summed E-state index contributed by atoms with van der Waals surface area (Å²) in [6.07, 6.45) is 5.34. The summed E-state index contributed by atoms with van der Waals surface area (Å²) < 4.78 is 6.05. The summed E-state index contributed by atoms with van der Waals surface area (Å²) in [7, 11) is 0. The number of carbonyl (C=O) groups is 1. The van der Waals surface area contributed by atoms with Crippen molar-refractivity contribution in [2.45, 2.75) is 31.9 Å². The molecule has 0 radical (unpaired) electrons. The maximum atomic E-state index is 12.6. The molecule has 2 N–H and O–H groups in total. The number of nitrogens with one attached hydrogen (secondary N) is 2. The van der Waals surface area contributed by atoms with Gasteiger partial charge in [0.2, 0.25) is 0 Å². The minimum absolute atomic E-state index is 0.101. The molecule has 1 saturated heterocycles. The predicted octanol–water partition coefficient (Wildman–Crippen LogP) is 6.03. The summed E-state index contributed by atoms with van der Waals surface area (Å²) >= 11 is 1.46. The topological polar surface area (TPSA) is 74.2 Å². The fraction of sp³-hybridized carbons (Fsp3) is 0.172. The number of carbonyl (C=O) groups excluding carboxylic acids is 1. The van der Waals surface area contributed by atoms with Gasteiger partial charge in [0, 0.05) is 11.3 Å². The normalized spacial score (nSPS) is 15.9. The van der Waals surface area contributed by atoms with Crippen molar-refractivity contribution >= 4 is 29.4 Å². The van der Waals surface area contributed by atoms with Gasteiger partial charge in [0.15, 0.2) is 5.50 Å². The highest BCUT2D eigenvalue weighted by Gasteiger charge is 2.27. The Hall–Kier alpha value is -3.95. The number of allylic oxidation sites excluding steroid dienone is 1. The molecule has 0 unspecified atom stereocenters. The molecule has 1 heterocycles. The van der Waals surface area contributed by atoms with Crippen molar-refractivity contribution in [3.63, 3.8) is 0 Å². The average molecular weight is 482 g/mol. The van der Waals surface area contributed by atoms with Crippen LogP contribution in [-0.2, 0) is 24.2 Å². The first-order chi connectivity index (χ1) is 17.1. The average Bonchev–Trinajstić information content (AvgIpc) is 3.22. The second-order valence-electron chi connectivity index (χ2n) is 8.09. The molecule has 1 fully saturated rings. The molecule has 0 saturated carbocycles. The lowest BCUT2D eigenvalue weighted by molar-refractivity contribution is -0.116. The molecule has 3 aromatic carbocycles. The minimum Gasteiger partial charge on any atom is -0.489 e. The van der Waals surface area contributed by atoms with Gasteiger partial charge in [-0.1, -0.05) is 61.2 Å². The monoisotopic (exact) mass is 481 g/mol. The van der Waals surface area contributed by atoms with Crippen molar-refractivity contribution in [3.8, 4) is 11.8 Å². The van der Waals surface area contributed by atoms with Crippen molar-refractivity contribution in [3.05, 3.63) is 112 Å². The Morgan fingerprint density at radius 3 is 2.69 bits per heavy atom. The van der Waals surface area contributed by atoms with Gasteiger partial charge in [-0.15, -0.1) is 6.58 Å². The summed E-state index contributed by atoms with van der Waals surface area (Å²) in [6.45, 7) is 6.29. The Kier molecular flexibility index (Phi) is 7.92. The molecule has 0 spiro atoms. The van der Waals surface area contributed by atoms with Crippen LogP contribution in [0.1, 0.15) is 34.7 Å². The maximum absolute atomic E-state index is 12.6. The van der Waals surface area contributed by atoms with Gasteiger partial charge < -0.3 is 15.4 Å². The van der Waals surface area contributed by atoms with E-state index >= 15 is 0 Å². The third kappa shape index (κ3) is 6.14. The summed E-state index contributed by atoms with van der Waals surface area (Å²) in [6, 6.07) is 23.7. The number of anilines is 1. The quantitative estimate of drug-likeness (QED) is 0.288. The zero-order valence-corrected chi connectivity index (χ0v) is 20.4. The van der Waals surface area contributed by atoms with Crippen LogP contribution < -0.4 is 15.4 Å². The molecule has 0 bridgehead atoms. The van der Waals surface area contributed by atoms with E-state index in [9.17, 15) is 10.1 Å². The Morgan fingerprint density at radius 1 is 1.14 bits per heavy atom. The third-order valence-electron chi connectivity index (χ3n) is 5.66. The first-order valence-electron chi connectivity index (χ1n) is 11.5. The molecule has 35 heavy (non-hydrogen) atoms. The molecule has 1 aliphatic rings. The van der Waals surface area contributed by atoms with E-state index in [1.165, 1.54) is 17.3 Å². The van der Waals surface area contributed by atoms with E-state index in [0.717, 1.165) is 34.5 Å². The van der Waals surface area contributed by atoms with Crippen molar-refractivity contribution in [2.75, 3.05) is 5.32 Å². The van der Waals surface area contributed by atoms with Gasteiger partial charge in [0.05, 0.1) is 16.5 Å². The molecule has 0 aromatic heterocycles. The zero-order valence-electron chi connectivity index (χ0n) is 19.6. The van der Waals surface area contributed by atoms with Gasteiger partial charge in [-0.3, -0.25) is 4.79 Å². The molecule has 0 aliphatic carbocycles. The largest absolute Gasteiger partial charge is 0.489 e. The summed E-state index contributed by atoms with van der Waals surface area (Å²) in [4.78, 5) is 13.2. The summed E-state index contributed by atoms with van der Waals surface area (Å²) in [5.41, 5.74) is 5.34. The van der Waals surface area contributed by atoms with E-state index in [1.54, 1.807) is 6.07 Å². The first-order valence-corrected chi connectivity index (χ1v) is 12.4. The highest BCUT2D eigenvalue weighted by molar-refractivity contribution is 8.05. The first kappa shape index (κ1) is 24.2. The molecule has 4 rings (SSSR count). The standard InChI is InChI=1S/C29H27N3O2S/c1-3-7-22-16-21(12-15-26(22)34-19-24-9-6-5-8-23(24)18-30)17-27-28(33)32-29(35-27)31-25-13-10-20(4-2)11-14-25/h3,5-6,8-17,29,31H,1,4,7,19H2,2H3,(H,32,33)/b27-17-/t29-/m1/s1. The van der Waals surface area contributed by atoms with Crippen LogP contribution in [0.15, 0.2) is 84.3 Å². The second kappa shape index (κ2) is 11.5. The van der Waals surface area contributed by atoms with E-state index in [1.807, 2.05) is 60.7 Å². The number of amides is 1. The number of nitrogens with zero attached hydrogens (tertiary/aromatic N) is 1. The SMILES string of the molecule is C=CCc1cc(/C=C2\S[C@H](Nc3ccc(CC)cc3)NC2=O)ccc1OCc1ccccc1C#N. The molecule has 5 nitrogen and oxygen atoms in total. The Balaban J connectivity index is 1.46. The zero-order chi connectivity index (χ0) is 24.6. The number of hydrogen-bond donors (Lipinski definition) is 2.